The Morgan fingerprint density at radius 2 is 1.70 bits per heavy atom. The van der Waals surface area contributed by atoms with Crippen molar-refractivity contribution >= 4 is 29.1 Å². The summed E-state index contributed by atoms with van der Waals surface area (Å²) in [6, 6.07) is 2.59. The third-order valence-corrected chi connectivity index (χ3v) is 2.92. The molecule has 0 unspecified atom stereocenters. The van der Waals surface area contributed by atoms with Crippen molar-refractivity contribution in [2.24, 2.45) is 5.92 Å². The van der Waals surface area contributed by atoms with Gasteiger partial charge in [0.15, 0.2) is 5.92 Å². The van der Waals surface area contributed by atoms with E-state index in [-0.39, 0.29) is 5.69 Å². The lowest BCUT2D eigenvalue weighted by Gasteiger charge is -2.15. The van der Waals surface area contributed by atoms with Crippen LogP contribution in [0.1, 0.15) is 6.42 Å². The summed E-state index contributed by atoms with van der Waals surface area (Å²) in [4.78, 5) is 35.1. The van der Waals surface area contributed by atoms with Crippen LogP contribution >= 0.6 is 0 Å². The minimum Gasteiger partial charge on any atom is -0.358 e. The molecule has 0 radical (unpaired) electrons. The first-order valence-corrected chi connectivity index (χ1v) is 6.55. The molecule has 1 aromatic rings. The second-order valence-corrected chi connectivity index (χ2v) is 4.54. The molecule has 0 aliphatic rings. The van der Waals surface area contributed by atoms with Gasteiger partial charge in [0, 0.05) is 25.9 Å². The van der Waals surface area contributed by atoms with E-state index in [0.717, 1.165) is 12.1 Å². The summed E-state index contributed by atoms with van der Waals surface area (Å²) >= 11 is 0. The average molecular weight is 326 g/mol. The largest absolute Gasteiger partial charge is 0.358 e. The van der Waals surface area contributed by atoms with Crippen molar-refractivity contribution in [3.8, 4) is 0 Å². The fourth-order valence-electron chi connectivity index (χ4n) is 1.78. The molecule has 3 amide bonds. The Balaban J connectivity index is 2.80. The van der Waals surface area contributed by atoms with Gasteiger partial charge in [-0.1, -0.05) is 0 Å². The van der Waals surface area contributed by atoms with Crippen LogP contribution in [-0.2, 0) is 14.4 Å². The Kier molecular flexibility index (Phi) is 6.31. The predicted molar refractivity (Wildman–Crippen MR) is 79.0 cm³/mol. The second-order valence-electron chi connectivity index (χ2n) is 4.54. The van der Waals surface area contributed by atoms with Gasteiger partial charge >= 0.3 is 0 Å². The van der Waals surface area contributed by atoms with E-state index in [2.05, 4.69) is 16.0 Å². The van der Waals surface area contributed by atoms with Crippen molar-refractivity contribution in [2.75, 3.05) is 19.4 Å². The molecule has 0 atom stereocenters. The van der Waals surface area contributed by atoms with Crippen LogP contribution in [-0.4, -0.2) is 37.5 Å². The molecule has 0 aromatic heterocycles. The van der Waals surface area contributed by atoms with E-state index < -0.39 is 47.4 Å². The van der Waals surface area contributed by atoms with E-state index in [4.69, 9.17) is 5.41 Å². The molecule has 0 saturated carbocycles. The number of rotatable bonds is 6. The normalized spacial score (nSPS) is 10.1. The van der Waals surface area contributed by atoms with Gasteiger partial charge in [0.25, 0.3) is 0 Å². The Morgan fingerprint density at radius 3 is 2.17 bits per heavy atom. The molecule has 1 aromatic carbocycles. The molecule has 0 fully saturated rings. The second kappa shape index (κ2) is 7.97. The summed E-state index contributed by atoms with van der Waals surface area (Å²) in [5.74, 6) is -5.52. The number of carbonyl (C=O) groups excluding carboxylic acids is 3. The summed E-state index contributed by atoms with van der Waals surface area (Å²) < 4.78 is 26.2. The highest BCUT2D eigenvalue weighted by Crippen LogP contribution is 2.15. The molecule has 0 aliphatic carbocycles. The zero-order valence-electron chi connectivity index (χ0n) is 12.5. The lowest BCUT2D eigenvalue weighted by molar-refractivity contribution is -0.131. The fraction of sp³-hybridized carbons (Fsp3) is 0.286. The Hall–Kier alpha value is -2.84. The molecule has 0 heterocycles. The molecular formula is C14H16F2N4O3. The van der Waals surface area contributed by atoms with Gasteiger partial charge in [-0.15, -0.1) is 0 Å². The molecule has 1 rings (SSSR count). The van der Waals surface area contributed by atoms with E-state index in [1.54, 1.807) is 0 Å². The minimum atomic E-state index is -1.46. The van der Waals surface area contributed by atoms with Crippen molar-refractivity contribution in [2.45, 2.75) is 6.42 Å². The number of carbonyl (C=O) groups is 3. The van der Waals surface area contributed by atoms with Crippen LogP contribution in [0, 0.1) is 23.0 Å². The number of halogens is 2. The lowest BCUT2D eigenvalue weighted by atomic mass is 9.98. The summed E-state index contributed by atoms with van der Waals surface area (Å²) in [6.45, 7) is 0. The Labute approximate surface area is 131 Å². The van der Waals surface area contributed by atoms with Crippen LogP contribution in [0.2, 0.25) is 0 Å². The molecule has 23 heavy (non-hydrogen) atoms. The maximum absolute atomic E-state index is 13.4. The van der Waals surface area contributed by atoms with Crippen molar-refractivity contribution in [3.05, 3.63) is 29.8 Å². The summed E-state index contributed by atoms with van der Waals surface area (Å²) in [5.41, 5.74) is -0.718. The van der Waals surface area contributed by atoms with E-state index in [1.807, 2.05) is 0 Å². The van der Waals surface area contributed by atoms with Crippen LogP contribution in [0.5, 0.6) is 0 Å². The summed E-state index contributed by atoms with van der Waals surface area (Å²) in [6.07, 6.45) is -0.595. The van der Waals surface area contributed by atoms with Crippen LogP contribution in [0.15, 0.2) is 18.2 Å². The van der Waals surface area contributed by atoms with Gasteiger partial charge in [0.05, 0.1) is 12.1 Å². The van der Waals surface area contributed by atoms with E-state index in [1.165, 1.54) is 14.1 Å². The zero-order chi connectivity index (χ0) is 17.6. The number of anilines is 1. The van der Waals surface area contributed by atoms with Crippen molar-refractivity contribution in [1.29, 1.82) is 5.41 Å². The number of nitrogens with one attached hydrogen (secondary N) is 4. The van der Waals surface area contributed by atoms with Crippen LogP contribution < -0.4 is 16.0 Å². The molecule has 0 bridgehead atoms. The van der Waals surface area contributed by atoms with Gasteiger partial charge < -0.3 is 21.4 Å². The predicted octanol–water partition coefficient (Wildman–Crippen LogP) is 0.421. The van der Waals surface area contributed by atoms with E-state index in [9.17, 15) is 23.2 Å². The molecule has 124 valence electrons. The van der Waals surface area contributed by atoms with Crippen LogP contribution in [0.4, 0.5) is 14.5 Å². The maximum Gasteiger partial charge on any atom is 0.238 e. The third kappa shape index (κ3) is 4.83. The number of hydrogen-bond donors (Lipinski definition) is 4. The topological polar surface area (TPSA) is 111 Å². The highest BCUT2D eigenvalue weighted by Gasteiger charge is 2.30. The van der Waals surface area contributed by atoms with E-state index in [0.29, 0.717) is 6.07 Å². The van der Waals surface area contributed by atoms with Gasteiger partial charge in [-0.05, 0) is 12.1 Å². The molecule has 9 heteroatoms. The Bertz CT molecular complexity index is 633. The SMILES string of the molecule is CNC(=O)C(C(=N)CC(=O)Nc1ccc(F)cc1F)C(=O)NC. The quantitative estimate of drug-likeness (QED) is 0.449. The minimum absolute atomic E-state index is 0.263. The first kappa shape index (κ1) is 18.2. The highest BCUT2D eigenvalue weighted by atomic mass is 19.1. The highest BCUT2D eigenvalue weighted by molar-refractivity contribution is 6.23. The van der Waals surface area contributed by atoms with Gasteiger partial charge in [-0.25, -0.2) is 8.78 Å². The van der Waals surface area contributed by atoms with Gasteiger partial charge in [0.2, 0.25) is 17.7 Å². The number of benzene rings is 1. The van der Waals surface area contributed by atoms with Crippen LogP contribution in [0.25, 0.3) is 0 Å². The summed E-state index contributed by atoms with van der Waals surface area (Å²) in [7, 11) is 2.58. The molecule has 0 spiro atoms. The first-order chi connectivity index (χ1) is 10.8. The third-order valence-electron chi connectivity index (χ3n) is 2.92. The zero-order valence-corrected chi connectivity index (χ0v) is 12.5. The molecule has 4 N–H and O–H groups in total. The van der Waals surface area contributed by atoms with Crippen LogP contribution in [0.3, 0.4) is 0 Å². The van der Waals surface area contributed by atoms with Crippen molar-refractivity contribution in [1.82, 2.24) is 10.6 Å². The Morgan fingerprint density at radius 1 is 1.13 bits per heavy atom. The van der Waals surface area contributed by atoms with Crippen molar-refractivity contribution in [3.63, 3.8) is 0 Å². The smallest absolute Gasteiger partial charge is 0.238 e. The van der Waals surface area contributed by atoms with Gasteiger partial charge in [0.1, 0.15) is 11.6 Å². The fourth-order valence-corrected chi connectivity index (χ4v) is 1.78. The number of amides is 3. The van der Waals surface area contributed by atoms with Crippen molar-refractivity contribution < 1.29 is 23.2 Å². The summed E-state index contributed by atoms with van der Waals surface area (Å²) in [5, 5.41) is 14.4. The van der Waals surface area contributed by atoms with Gasteiger partial charge in [-0.2, -0.15) is 0 Å². The standard InChI is InChI=1S/C14H16F2N4O3/c1-18-13(22)12(14(23)19-2)9(17)6-11(21)20-10-4-3-7(15)5-8(10)16/h3-5,12,17H,6H2,1-2H3,(H,18,22)(H,19,23)(H,20,21). The maximum atomic E-state index is 13.4. The molecule has 0 aliphatic heterocycles. The number of hydrogen-bond acceptors (Lipinski definition) is 4. The average Bonchev–Trinajstić information content (AvgIpc) is 2.49. The lowest BCUT2D eigenvalue weighted by Crippen LogP contribution is -2.44. The molecule has 0 saturated heterocycles. The molecule has 7 nitrogen and oxygen atoms in total. The van der Waals surface area contributed by atoms with E-state index >= 15 is 0 Å². The monoisotopic (exact) mass is 326 g/mol. The first-order valence-electron chi connectivity index (χ1n) is 6.55. The molecular weight excluding hydrogens is 310 g/mol. The van der Waals surface area contributed by atoms with Gasteiger partial charge in [-0.3, -0.25) is 14.4 Å².